The molecule has 0 heterocycles. The predicted molar refractivity (Wildman–Crippen MR) is 147 cm³/mol. The molecular weight excluding hydrogens is 473 g/mol. The number of carbonyl (C=O) groups is 1. The quantitative estimate of drug-likeness (QED) is 0.273. The molecule has 0 saturated carbocycles. The van der Waals surface area contributed by atoms with E-state index in [-0.39, 0.29) is 5.71 Å². The van der Waals surface area contributed by atoms with E-state index in [1.165, 1.54) is 0 Å². The van der Waals surface area contributed by atoms with Crippen molar-refractivity contribution in [3.63, 3.8) is 0 Å². The van der Waals surface area contributed by atoms with Crippen LogP contribution in [0, 0.1) is 0 Å². The molecule has 2 aliphatic rings. The minimum atomic E-state index is -2.44. The van der Waals surface area contributed by atoms with E-state index >= 15 is 0 Å². The van der Waals surface area contributed by atoms with Crippen LogP contribution in [0.5, 0.6) is 0 Å². The third kappa shape index (κ3) is 4.30. The molecule has 0 aromatic heterocycles. The van der Waals surface area contributed by atoms with Gasteiger partial charge in [-0.3, -0.25) is 4.79 Å². The van der Waals surface area contributed by atoms with E-state index in [9.17, 15) is 13.6 Å². The monoisotopic (exact) mass is 494 g/mol. The lowest BCUT2D eigenvalue weighted by atomic mass is 10.1. The minimum absolute atomic E-state index is 0.0672. The Morgan fingerprint density at radius 3 is 1.50 bits per heavy atom. The van der Waals surface area contributed by atoms with Crippen LogP contribution < -0.4 is 15.9 Å². The highest BCUT2D eigenvalue weighted by Gasteiger charge is 2.31. The van der Waals surface area contributed by atoms with Gasteiger partial charge in [-0.15, -0.1) is 5.10 Å². The van der Waals surface area contributed by atoms with Gasteiger partial charge >= 0.3 is 0 Å². The molecular formula is C30H21F2N2OP. The average molecular weight is 494 g/mol. The van der Waals surface area contributed by atoms with Crippen LogP contribution in [-0.4, -0.2) is 22.5 Å². The van der Waals surface area contributed by atoms with Crippen molar-refractivity contribution in [1.29, 1.82) is 0 Å². The maximum atomic E-state index is 13.8. The number of benzene rings is 3. The van der Waals surface area contributed by atoms with Crippen molar-refractivity contribution < 1.29 is 13.6 Å². The number of halogens is 2. The van der Waals surface area contributed by atoms with Gasteiger partial charge < -0.3 is 0 Å². The summed E-state index contributed by atoms with van der Waals surface area (Å²) in [5.74, 6) is -3.68. The molecule has 5 rings (SSSR count). The Labute approximate surface area is 208 Å². The van der Waals surface area contributed by atoms with E-state index in [2.05, 4.69) is 46.6 Å². The number of hydrogen-bond acceptors (Lipinski definition) is 3. The van der Waals surface area contributed by atoms with Crippen molar-refractivity contribution in [2.24, 2.45) is 10.2 Å². The van der Waals surface area contributed by atoms with Crippen LogP contribution in [0.25, 0.3) is 0 Å². The summed E-state index contributed by atoms with van der Waals surface area (Å²) in [5, 5.41) is 12.9. The fraction of sp³-hybridized carbons (Fsp3) is 0. The molecule has 0 aliphatic heterocycles. The maximum absolute atomic E-state index is 13.8. The summed E-state index contributed by atoms with van der Waals surface area (Å²) in [6.45, 7) is -2.44. The van der Waals surface area contributed by atoms with Gasteiger partial charge in [-0.25, -0.2) is 8.78 Å². The van der Waals surface area contributed by atoms with E-state index in [1.54, 1.807) is 0 Å². The lowest BCUT2D eigenvalue weighted by Gasteiger charge is -2.32. The van der Waals surface area contributed by atoms with Gasteiger partial charge in [0.25, 0.3) is 0 Å². The van der Waals surface area contributed by atoms with E-state index in [0.717, 1.165) is 33.4 Å². The summed E-state index contributed by atoms with van der Waals surface area (Å²) >= 11 is 0. The van der Waals surface area contributed by atoms with E-state index in [0.29, 0.717) is 5.71 Å². The molecule has 0 N–H and O–H groups in total. The lowest BCUT2D eigenvalue weighted by molar-refractivity contribution is -0.114. The Bertz CT molecular complexity index is 1420. The van der Waals surface area contributed by atoms with Crippen molar-refractivity contribution in [3.05, 3.63) is 139 Å². The number of carbonyl (C=O) groups excluding carboxylic acids is 1. The minimum Gasteiger partial charge on any atom is -0.283 e. The van der Waals surface area contributed by atoms with Crippen molar-refractivity contribution in [3.8, 4) is 0 Å². The molecule has 3 aromatic carbocycles. The van der Waals surface area contributed by atoms with Gasteiger partial charge in [-0.2, -0.15) is 5.10 Å². The standard InChI is InChI=1S/C30H21F2N2OP/c31-26-20-22(21-27(32)30(26)35)33-34-28-18-10-11-19-29(28)36(23-12-4-1-5-13-23,24-14-6-2-7-15-24)25-16-8-3-9-17-25/h1-21H. The highest BCUT2D eigenvalue weighted by molar-refractivity contribution is 7.96. The fourth-order valence-electron chi connectivity index (χ4n) is 4.37. The highest BCUT2D eigenvalue weighted by Crippen LogP contribution is 2.47. The Morgan fingerprint density at radius 1 is 0.583 bits per heavy atom. The summed E-state index contributed by atoms with van der Waals surface area (Å²) in [5.41, 5.74) is 0.511. The number of Topliss-reactive ketones (excluding diaryl/α,β-unsaturated/α-hetero) is 1. The molecule has 0 radical (unpaired) electrons. The first-order chi connectivity index (χ1) is 17.6. The summed E-state index contributed by atoms with van der Waals surface area (Å²) in [6, 6.07) is 30.9. The van der Waals surface area contributed by atoms with E-state index in [4.69, 9.17) is 0 Å². The summed E-state index contributed by atoms with van der Waals surface area (Å²) in [4.78, 5) is 11.4. The molecule has 3 aromatic rings. The number of rotatable bonds is 4. The second-order valence-electron chi connectivity index (χ2n) is 8.10. The molecule has 36 heavy (non-hydrogen) atoms. The Morgan fingerprint density at radius 2 is 1.03 bits per heavy atom. The Balaban J connectivity index is 1.86. The first-order valence-electron chi connectivity index (χ1n) is 11.3. The third-order valence-corrected chi connectivity index (χ3v) is 10.2. The maximum Gasteiger partial charge on any atom is 0.249 e. The second kappa shape index (κ2) is 10.2. The number of ketones is 1. The second-order valence-corrected chi connectivity index (χ2v) is 11.5. The Hall–Kier alpha value is -4.21. The molecule has 0 spiro atoms. The topological polar surface area (TPSA) is 41.8 Å². The zero-order chi connectivity index (χ0) is 25.0. The van der Waals surface area contributed by atoms with Crippen LogP contribution in [0.2, 0.25) is 0 Å². The smallest absolute Gasteiger partial charge is 0.249 e. The number of allylic oxidation sites excluding steroid dienone is 8. The van der Waals surface area contributed by atoms with Gasteiger partial charge in [-0.05, 0) is 28.9 Å². The van der Waals surface area contributed by atoms with Crippen LogP contribution >= 0.6 is 6.89 Å². The first-order valence-corrected chi connectivity index (χ1v) is 13.1. The molecule has 6 heteroatoms. The first kappa shape index (κ1) is 23.5. The van der Waals surface area contributed by atoms with Crippen LogP contribution in [0.3, 0.4) is 0 Å². The van der Waals surface area contributed by atoms with Crippen LogP contribution in [0.1, 0.15) is 0 Å². The van der Waals surface area contributed by atoms with Crippen molar-refractivity contribution >= 4 is 45.3 Å². The van der Waals surface area contributed by atoms with Gasteiger partial charge in [0.1, 0.15) is 0 Å². The number of nitrogens with zero attached hydrogens (tertiary/aromatic N) is 2. The fourth-order valence-corrected chi connectivity index (χ4v) is 8.73. The van der Waals surface area contributed by atoms with Crippen LogP contribution in [-0.2, 0) is 4.79 Å². The van der Waals surface area contributed by atoms with Gasteiger partial charge in [0.15, 0.2) is 11.7 Å². The largest absolute Gasteiger partial charge is 0.283 e. The summed E-state index contributed by atoms with van der Waals surface area (Å²) in [7, 11) is 0. The van der Waals surface area contributed by atoms with Gasteiger partial charge in [0, 0.05) is 17.4 Å². The molecule has 2 aliphatic carbocycles. The average Bonchev–Trinajstić information content (AvgIpc) is 2.93. The van der Waals surface area contributed by atoms with Crippen LogP contribution in [0.4, 0.5) is 8.78 Å². The molecule has 0 unspecified atom stereocenters. The third-order valence-electron chi connectivity index (χ3n) is 5.93. The Kier molecular flexibility index (Phi) is 6.66. The zero-order valence-electron chi connectivity index (χ0n) is 19.1. The van der Waals surface area contributed by atoms with Gasteiger partial charge in [-0.1, -0.05) is 109 Å². The molecule has 0 saturated heterocycles. The van der Waals surface area contributed by atoms with Crippen molar-refractivity contribution in [2.45, 2.75) is 0 Å². The highest BCUT2D eigenvalue weighted by atomic mass is 31.2. The van der Waals surface area contributed by atoms with Crippen LogP contribution in [0.15, 0.2) is 149 Å². The summed E-state index contributed by atoms with van der Waals surface area (Å²) in [6.07, 6.45) is 9.49. The summed E-state index contributed by atoms with van der Waals surface area (Å²) < 4.78 is 27.7. The molecule has 176 valence electrons. The van der Waals surface area contributed by atoms with E-state index < -0.39 is 24.3 Å². The predicted octanol–water partition coefficient (Wildman–Crippen LogP) is 5.37. The van der Waals surface area contributed by atoms with Gasteiger partial charge in [0.2, 0.25) is 5.78 Å². The molecule has 0 atom stereocenters. The SMILES string of the molecule is O=C1C(F)=CC(=NN=C2C=CC=CC2=P(c2ccccc2)(c2ccccc2)c2ccccc2)C=C1F. The molecule has 0 amide bonds. The molecule has 3 nitrogen and oxygen atoms in total. The van der Waals surface area contributed by atoms with Crippen molar-refractivity contribution in [2.75, 3.05) is 0 Å². The lowest BCUT2D eigenvalue weighted by Crippen LogP contribution is -2.32. The van der Waals surface area contributed by atoms with Crippen molar-refractivity contribution in [1.82, 2.24) is 0 Å². The van der Waals surface area contributed by atoms with E-state index in [1.807, 2.05) is 78.9 Å². The normalized spacial score (nSPS) is 16.7. The zero-order valence-corrected chi connectivity index (χ0v) is 20.0. The molecule has 0 fully saturated rings. The van der Waals surface area contributed by atoms with Gasteiger partial charge in [0.05, 0.1) is 11.4 Å². The number of hydrogen-bond donors (Lipinski definition) is 0. The molecule has 0 bridgehead atoms.